The van der Waals surface area contributed by atoms with Gasteiger partial charge in [-0.15, -0.1) is 23.7 Å². The van der Waals surface area contributed by atoms with E-state index in [1.807, 2.05) is 36.6 Å². The number of carbonyl (C=O) groups excluding carboxylic acids is 1. The molecule has 5 nitrogen and oxygen atoms in total. The number of nitrogens with zero attached hydrogens (tertiary/aromatic N) is 1. The lowest BCUT2D eigenvalue weighted by Gasteiger charge is -2.13. The Morgan fingerprint density at radius 3 is 2.68 bits per heavy atom. The number of thiazole rings is 1. The van der Waals surface area contributed by atoms with Gasteiger partial charge in [0.1, 0.15) is 5.75 Å². The number of hydrogen-bond donors (Lipinski definition) is 2. The summed E-state index contributed by atoms with van der Waals surface area (Å²) in [5.74, 6) is 0.374. The molecule has 1 heterocycles. The molecule has 1 aromatic heterocycles. The van der Waals surface area contributed by atoms with Crippen molar-refractivity contribution in [3.8, 4) is 17.0 Å². The van der Waals surface area contributed by atoms with Crippen LogP contribution in [0.3, 0.4) is 0 Å². The first kappa shape index (κ1) is 18.4. The number of ether oxygens (including phenoxy) is 1. The second-order valence-electron chi connectivity index (χ2n) is 4.88. The molecule has 0 spiro atoms. The fourth-order valence-corrected chi connectivity index (χ4v) is 2.48. The number of nitrogens with two attached hydrogens (primary N) is 1. The third-order valence-corrected chi connectivity index (χ3v) is 4.08. The van der Waals surface area contributed by atoms with Crippen LogP contribution in [0.4, 0.5) is 5.13 Å². The second-order valence-corrected chi connectivity index (χ2v) is 5.73. The summed E-state index contributed by atoms with van der Waals surface area (Å²) < 4.78 is 5.32. The summed E-state index contributed by atoms with van der Waals surface area (Å²) >= 11 is 1.38. The Hall–Kier alpha value is -1.63. The number of methoxy groups -OCH3 is 1. The smallest absolute Gasteiger partial charge is 0.230 e. The highest BCUT2D eigenvalue weighted by molar-refractivity contribution is 7.14. The minimum Gasteiger partial charge on any atom is -0.496 e. The van der Waals surface area contributed by atoms with E-state index in [-0.39, 0.29) is 30.3 Å². The van der Waals surface area contributed by atoms with E-state index in [4.69, 9.17) is 10.5 Å². The number of rotatable bonds is 5. The molecule has 0 aliphatic carbocycles. The highest BCUT2D eigenvalue weighted by atomic mass is 35.5. The maximum Gasteiger partial charge on any atom is 0.230 e. The Balaban J connectivity index is 0.00000242. The Kier molecular flexibility index (Phi) is 6.80. The van der Waals surface area contributed by atoms with Crippen molar-refractivity contribution >= 4 is 34.8 Å². The molecule has 3 N–H and O–H groups in total. The molecule has 0 aliphatic heterocycles. The van der Waals surface area contributed by atoms with E-state index in [9.17, 15) is 4.79 Å². The first-order valence-electron chi connectivity index (χ1n) is 6.68. The Bertz CT molecular complexity index is 631. The van der Waals surface area contributed by atoms with Crippen LogP contribution in [0.15, 0.2) is 29.6 Å². The highest BCUT2D eigenvalue weighted by Crippen LogP contribution is 2.31. The van der Waals surface area contributed by atoms with Crippen LogP contribution in [0.2, 0.25) is 0 Å². The van der Waals surface area contributed by atoms with Gasteiger partial charge in [-0.3, -0.25) is 4.79 Å². The first-order valence-corrected chi connectivity index (χ1v) is 7.56. The molecule has 2 rings (SSSR count). The topological polar surface area (TPSA) is 77.2 Å². The second kappa shape index (κ2) is 8.12. The van der Waals surface area contributed by atoms with Crippen molar-refractivity contribution < 1.29 is 9.53 Å². The number of hydrogen-bond acceptors (Lipinski definition) is 5. The number of nitrogens with one attached hydrogen (secondary N) is 1. The van der Waals surface area contributed by atoms with Crippen LogP contribution in [0.5, 0.6) is 5.75 Å². The summed E-state index contributed by atoms with van der Waals surface area (Å²) in [6.45, 7) is 3.61. The van der Waals surface area contributed by atoms with Crippen LogP contribution >= 0.6 is 23.7 Å². The molecule has 22 heavy (non-hydrogen) atoms. The van der Waals surface area contributed by atoms with E-state index in [0.717, 1.165) is 17.0 Å². The van der Waals surface area contributed by atoms with Gasteiger partial charge in [0.15, 0.2) is 5.13 Å². The third-order valence-electron chi connectivity index (χ3n) is 3.32. The molecule has 0 bridgehead atoms. The highest BCUT2D eigenvalue weighted by Gasteiger charge is 2.18. The molecule has 0 aliphatic rings. The molecule has 1 amide bonds. The lowest BCUT2D eigenvalue weighted by molar-refractivity contribution is -0.119. The zero-order valence-corrected chi connectivity index (χ0v) is 14.3. The van der Waals surface area contributed by atoms with Crippen molar-refractivity contribution in [2.45, 2.75) is 19.9 Å². The maximum atomic E-state index is 12.0. The molecular formula is C15H20ClN3O2S. The predicted octanol–water partition coefficient (Wildman–Crippen LogP) is 3.16. The van der Waals surface area contributed by atoms with Gasteiger partial charge >= 0.3 is 0 Å². The SMILES string of the molecule is COc1ccccc1-c1csc(NC(=O)C(C)C(C)N)n1.Cl. The molecule has 2 atom stereocenters. The van der Waals surface area contributed by atoms with E-state index in [2.05, 4.69) is 10.3 Å². The van der Waals surface area contributed by atoms with Crippen LogP contribution in [0.25, 0.3) is 11.3 Å². The third kappa shape index (κ3) is 4.19. The van der Waals surface area contributed by atoms with Crippen LogP contribution in [0.1, 0.15) is 13.8 Å². The Labute approximate surface area is 140 Å². The summed E-state index contributed by atoms with van der Waals surface area (Å²) in [5, 5.41) is 5.25. The number of para-hydroxylation sites is 1. The average molecular weight is 342 g/mol. The van der Waals surface area contributed by atoms with E-state index in [0.29, 0.717) is 5.13 Å². The average Bonchev–Trinajstić information content (AvgIpc) is 2.94. The largest absolute Gasteiger partial charge is 0.496 e. The maximum absolute atomic E-state index is 12.0. The minimum atomic E-state index is -0.261. The van der Waals surface area contributed by atoms with Gasteiger partial charge in [-0.2, -0.15) is 0 Å². The lowest BCUT2D eigenvalue weighted by atomic mass is 10.0. The van der Waals surface area contributed by atoms with Gasteiger partial charge in [0, 0.05) is 17.0 Å². The van der Waals surface area contributed by atoms with Gasteiger partial charge in [0.25, 0.3) is 0 Å². The van der Waals surface area contributed by atoms with Gasteiger partial charge in [-0.1, -0.05) is 19.1 Å². The molecule has 2 unspecified atom stereocenters. The van der Waals surface area contributed by atoms with E-state index in [1.54, 1.807) is 14.0 Å². The predicted molar refractivity (Wildman–Crippen MR) is 92.8 cm³/mol. The number of halogens is 1. The summed E-state index contributed by atoms with van der Waals surface area (Å²) in [6.07, 6.45) is 0. The van der Waals surface area contributed by atoms with Gasteiger partial charge in [-0.25, -0.2) is 4.98 Å². The standard InChI is InChI=1S/C15H19N3O2S.ClH/c1-9(10(2)16)14(19)18-15-17-12(8-21-15)11-6-4-5-7-13(11)20-3;/h4-10H,16H2,1-3H3,(H,17,18,19);1H. The Morgan fingerprint density at radius 2 is 2.05 bits per heavy atom. The van der Waals surface area contributed by atoms with Crippen molar-refractivity contribution in [1.82, 2.24) is 4.98 Å². The lowest BCUT2D eigenvalue weighted by Crippen LogP contribution is -2.34. The zero-order valence-electron chi connectivity index (χ0n) is 12.7. The molecule has 0 saturated heterocycles. The van der Waals surface area contributed by atoms with Crippen molar-refractivity contribution in [1.29, 1.82) is 0 Å². The van der Waals surface area contributed by atoms with Crippen molar-refractivity contribution in [2.75, 3.05) is 12.4 Å². The monoisotopic (exact) mass is 341 g/mol. The summed E-state index contributed by atoms with van der Waals surface area (Å²) in [4.78, 5) is 16.4. The zero-order chi connectivity index (χ0) is 15.4. The number of anilines is 1. The molecule has 0 saturated carbocycles. The number of benzene rings is 1. The van der Waals surface area contributed by atoms with Crippen LogP contribution in [-0.4, -0.2) is 24.0 Å². The van der Waals surface area contributed by atoms with Crippen molar-refractivity contribution in [3.05, 3.63) is 29.6 Å². The molecule has 0 radical (unpaired) electrons. The van der Waals surface area contributed by atoms with Crippen molar-refractivity contribution in [2.24, 2.45) is 11.7 Å². The van der Waals surface area contributed by atoms with E-state index < -0.39 is 0 Å². The molecule has 120 valence electrons. The van der Waals surface area contributed by atoms with Gasteiger partial charge in [0.05, 0.1) is 18.7 Å². The summed E-state index contributed by atoms with van der Waals surface area (Å²) in [6, 6.07) is 7.45. The van der Waals surface area contributed by atoms with Crippen LogP contribution < -0.4 is 15.8 Å². The van der Waals surface area contributed by atoms with Crippen LogP contribution in [0, 0.1) is 5.92 Å². The number of aromatic nitrogens is 1. The molecule has 1 aromatic carbocycles. The van der Waals surface area contributed by atoms with E-state index in [1.165, 1.54) is 11.3 Å². The number of amides is 1. The van der Waals surface area contributed by atoms with Gasteiger partial charge < -0.3 is 15.8 Å². The van der Waals surface area contributed by atoms with Crippen molar-refractivity contribution in [3.63, 3.8) is 0 Å². The Morgan fingerprint density at radius 1 is 1.36 bits per heavy atom. The van der Waals surface area contributed by atoms with Crippen LogP contribution in [-0.2, 0) is 4.79 Å². The fourth-order valence-electron chi connectivity index (χ4n) is 1.77. The molecule has 2 aromatic rings. The quantitative estimate of drug-likeness (QED) is 0.875. The molecule has 7 heteroatoms. The number of carbonyl (C=O) groups is 1. The first-order chi connectivity index (χ1) is 10.0. The van der Waals surface area contributed by atoms with Gasteiger partial charge in [-0.05, 0) is 19.1 Å². The summed E-state index contributed by atoms with van der Waals surface area (Å²) in [7, 11) is 1.62. The normalized spacial score (nSPS) is 12.9. The fraction of sp³-hybridized carbons (Fsp3) is 0.333. The van der Waals surface area contributed by atoms with Gasteiger partial charge in [0.2, 0.25) is 5.91 Å². The molecular weight excluding hydrogens is 322 g/mol. The molecule has 0 fully saturated rings. The van der Waals surface area contributed by atoms with E-state index >= 15 is 0 Å². The summed E-state index contributed by atoms with van der Waals surface area (Å²) in [5.41, 5.74) is 7.41. The minimum absolute atomic E-state index is 0.